The van der Waals surface area contributed by atoms with Crippen molar-refractivity contribution < 1.29 is 19.4 Å². The summed E-state index contributed by atoms with van der Waals surface area (Å²) < 4.78 is 5.53. The van der Waals surface area contributed by atoms with Crippen molar-refractivity contribution in [1.82, 2.24) is 10.2 Å². The number of aliphatic carboxylic acids is 1. The van der Waals surface area contributed by atoms with Gasteiger partial charge >= 0.3 is 12.0 Å². The number of hydrogen-bond acceptors (Lipinski definition) is 3. The van der Waals surface area contributed by atoms with Gasteiger partial charge in [0.05, 0.1) is 6.10 Å². The van der Waals surface area contributed by atoms with Crippen LogP contribution in [0, 0.1) is 0 Å². The highest BCUT2D eigenvalue weighted by Crippen LogP contribution is 2.14. The van der Waals surface area contributed by atoms with Gasteiger partial charge in [0.25, 0.3) is 0 Å². The van der Waals surface area contributed by atoms with Gasteiger partial charge in [-0.15, -0.1) is 0 Å². The monoisotopic (exact) mass is 244 g/mol. The van der Waals surface area contributed by atoms with Crippen LogP contribution in [0.3, 0.4) is 0 Å². The first-order chi connectivity index (χ1) is 8.09. The first-order valence-corrected chi connectivity index (χ1v) is 5.92. The maximum atomic E-state index is 11.4. The van der Waals surface area contributed by atoms with Gasteiger partial charge in [0.1, 0.15) is 6.54 Å². The van der Waals surface area contributed by atoms with Gasteiger partial charge in [-0.05, 0) is 25.7 Å². The van der Waals surface area contributed by atoms with Crippen LogP contribution in [0.15, 0.2) is 0 Å². The quantitative estimate of drug-likeness (QED) is 0.745. The van der Waals surface area contributed by atoms with Gasteiger partial charge in [0.2, 0.25) is 0 Å². The van der Waals surface area contributed by atoms with Crippen molar-refractivity contribution in [1.29, 1.82) is 0 Å². The molecule has 1 aliphatic heterocycles. The maximum absolute atomic E-state index is 11.4. The Morgan fingerprint density at radius 2 is 2.24 bits per heavy atom. The van der Waals surface area contributed by atoms with Gasteiger partial charge in [0, 0.05) is 20.2 Å². The van der Waals surface area contributed by atoms with E-state index in [0.29, 0.717) is 6.54 Å². The number of carboxylic acids is 1. The summed E-state index contributed by atoms with van der Waals surface area (Å²) in [5.74, 6) is -1.02. The Hall–Kier alpha value is -1.30. The summed E-state index contributed by atoms with van der Waals surface area (Å²) in [4.78, 5) is 23.0. The summed E-state index contributed by atoms with van der Waals surface area (Å²) in [6, 6.07) is -0.358. The van der Waals surface area contributed by atoms with Crippen LogP contribution in [-0.4, -0.2) is 54.9 Å². The number of likely N-dealkylation sites (N-methyl/N-ethyl adjacent to an activating group) is 1. The molecule has 0 aromatic heterocycles. The van der Waals surface area contributed by atoms with Crippen molar-refractivity contribution in [3.05, 3.63) is 0 Å². The smallest absolute Gasteiger partial charge is 0.323 e. The molecule has 0 saturated carbocycles. The van der Waals surface area contributed by atoms with Crippen LogP contribution in [0.5, 0.6) is 0 Å². The average Bonchev–Trinajstić information content (AvgIpc) is 2.29. The second-order valence-electron chi connectivity index (χ2n) is 4.26. The second kappa shape index (κ2) is 7.11. The third kappa shape index (κ3) is 5.53. The van der Waals surface area contributed by atoms with Crippen LogP contribution >= 0.6 is 0 Å². The predicted octanol–water partition coefficient (Wildman–Crippen LogP) is 0.672. The van der Waals surface area contributed by atoms with E-state index in [4.69, 9.17) is 9.84 Å². The molecular formula is C11H20N2O4. The van der Waals surface area contributed by atoms with Crippen LogP contribution in [0.2, 0.25) is 0 Å². The third-order valence-electron chi connectivity index (χ3n) is 2.74. The fourth-order valence-corrected chi connectivity index (χ4v) is 1.78. The zero-order valence-electron chi connectivity index (χ0n) is 10.1. The van der Waals surface area contributed by atoms with Crippen LogP contribution < -0.4 is 5.32 Å². The highest BCUT2D eigenvalue weighted by Gasteiger charge is 2.15. The zero-order valence-corrected chi connectivity index (χ0v) is 10.1. The molecule has 0 radical (unpaired) electrons. The van der Waals surface area contributed by atoms with Gasteiger partial charge in [0.15, 0.2) is 0 Å². The Morgan fingerprint density at radius 3 is 2.82 bits per heavy atom. The number of rotatable bonds is 5. The number of ether oxygens (including phenoxy) is 1. The first-order valence-electron chi connectivity index (χ1n) is 5.92. The molecule has 1 aliphatic rings. The minimum absolute atomic E-state index is 0.230. The van der Waals surface area contributed by atoms with Gasteiger partial charge in [-0.3, -0.25) is 4.79 Å². The van der Waals surface area contributed by atoms with Crippen molar-refractivity contribution in [2.24, 2.45) is 0 Å². The SMILES string of the molecule is CN(CC(=O)O)C(=O)NCCC1CCCCO1. The van der Waals surface area contributed by atoms with Gasteiger partial charge in [-0.1, -0.05) is 0 Å². The Kier molecular flexibility index (Phi) is 5.76. The summed E-state index contributed by atoms with van der Waals surface area (Å²) >= 11 is 0. The lowest BCUT2D eigenvalue weighted by Crippen LogP contribution is -2.41. The molecule has 1 rings (SSSR count). The summed E-state index contributed by atoms with van der Waals surface area (Å²) in [5, 5.41) is 11.2. The lowest BCUT2D eigenvalue weighted by atomic mass is 10.1. The van der Waals surface area contributed by atoms with E-state index in [0.717, 1.165) is 30.8 Å². The Morgan fingerprint density at radius 1 is 1.47 bits per heavy atom. The molecule has 1 unspecified atom stereocenters. The largest absolute Gasteiger partial charge is 0.480 e. The molecule has 1 heterocycles. The molecule has 2 amide bonds. The van der Waals surface area contributed by atoms with Gasteiger partial charge in [-0.2, -0.15) is 0 Å². The number of hydrogen-bond donors (Lipinski definition) is 2. The van der Waals surface area contributed by atoms with E-state index in [1.54, 1.807) is 0 Å². The minimum Gasteiger partial charge on any atom is -0.480 e. The Balaban J connectivity index is 2.12. The molecule has 1 fully saturated rings. The number of nitrogens with one attached hydrogen (secondary N) is 1. The molecule has 0 aromatic rings. The standard InChI is InChI=1S/C11H20N2O4/c1-13(8-10(14)15)11(16)12-6-5-9-4-2-3-7-17-9/h9H,2-8H2,1H3,(H,12,16)(H,14,15). The third-order valence-corrected chi connectivity index (χ3v) is 2.74. The van der Waals surface area contributed by atoms with E-state index < -0.39 is 5.97 Å². The highest BCUT2D eigenvalue weighted by molar-refractivity contribution is 5.79. The van der Waals surface area contributed by atoms with E-state index in [2.05, 4.69) is 5.32 Å². The van der Waals surface area contributed by atoms with Crippen molar-refractivity contribution in [3.63, 3.8) is 0 Å². The van der Waals surface area contributed by atoms with E-state index in [1.807, 2.05) is 0 Å². The molecular weight excluding hydrogens is 224 g/mol. The van der Waals surface area contributed by atoms with Crippen molar-refractivity contribution in [2.75, 3.05) is 26.7 Å². The predicted molar refractivity (Wildman–Crippen MR) is 61.9 cm³/mol. The number of carboxylic acid groups (broad SMARTS) is 1. The summed E-state index contributed by atoms with van der Waals surface area (Å²) in [6.07, 6.45) is 4.35. The van der Waals surface area contributed by atoms with Crippen molar-refractivity contribution in [2.45, 2.75) is 31.8 Å². The molecule has 6 nitrogen and oxygen atoms in total. The Labute approximate surface area is 101 Å². The molecule has 0 aromatic carbocycles. The number of amides is 2. The number of carbonyl (C=O) groups is 2. The molecule has 0 aliphatic carbocycles. The molecule has 17 heavy (non-hydrogen) atoms. The summed E-state index contributed by atoms with van der Waals surface area (Å²) in [7, 11) is 1.46. The van der Waals surface area contributed by atoms with E-state index in [-0.39, 0.29) is 18.7 Å². The summed E-state index contributed by atoms with van der Waals surface area (Å²) in [6.45, 7) is 1.04. The normalized spacial score (nSPS) is 19.7. The van der Waals surface area contributed by atoms with Crippen LogP contribution in [0.4, 0.5) is 4.79 Å². The van der Waals surface area contributed by atoms with Crippen molar-refractivity contribution >= 4 is 12.0 Å². The molecule has 1 saturated heterocycles. The Bertz CT molecular complexity index is 264. The van der Waals surface area contributed by atoms with Crippen LogP contribution in [-0.2, 0) is 9.53 Å². The molecule has 1 atom stereocenters. The minimum atomic E-state index is -1.02. The molecule has 98 valence electrons. The topological polar surface area (TPSA) is 78.9 Å². The van der Waals surface area contributed by atoms with Crippen LogP contribution in [0.25, 0.3) is 0 Å². The number of carbonyl (C=O) groups excluding carboxylic acids is 1. The van der Waals surface area contributed by atoms with E-state index in [9.17, 15) is 9.59 Å². The van der Waals surface area contributed by atoms with E-state index >= 15 is 0 Å². The average molecular weight is 244 g/mol. The zero-order chi connectivity index (χ0) is 12.7. The maximum Gasteiger partial charge on any atom is 0.323 e. The highest BCUT2D eigenvalue weighted by atomic mass is 16.5. The molecule has 0 spiro atoms. The lowest BCUT2D eigenvalue weighted by Gasteiger charge is -2.23. The van der Waals surface area contributed by atoms with E-state index in [1.165, 1.54) is 13.5 Å². The second-order valence-corrected chi connectivity index (χ2v) is 4.26. The lowest BCUT2D eigenvalue weighted by molar-refractivity contribution is -0.137. The molecule has 6 heteroatoms. The van der Waals surface area contributed by atoms with Gasteiger partial charge in [-0.25, -0.2) is 4.79 Å². The number of nitrogens with zero attached hydrogens (tertiary/aromatic N) is 1. The first kappa shape index (κ1) is 13.8. The molecule has 0 bridgehead atoms. The summed E-state index contributed by atoms with van der Waals surface area (Å²) in [5.41, 5.74) is 0. The molecule has 2 N–H and O–H groups in total. The van der Waals surface area contributed by atoms with Gasteiger partial charge < -0.3 is 20.1 Å². The van der Waals surface area contributed by atoms with Crippen molar-refractivity contribution in [3.8, 4) is 0 Å². The fraction of sp³-hybridized carbons (Fsp3) is 0.818. The fourth-order valence-electron chi connectivity index (χ4n) is 1.78. The number of urea groups is 1. The van der Waals surface area contributed by atoms with Crippen LogP contribution in [0.1, 0.15) is 25.7 Å².